The fourth-order valence-electron chi connectivity index (χ4n) is 2.28. The number of benzene rings is 1. The molecule has 0 heteroatoms. The molecule has 0 heterocycles. The first-order chi connectivity index (χ1) is 7.09. The molecule has 0 saturated heterocycles. The molecule has 0 spiro atoms. The van der Waals surface area contributed by atoms with Crippen molar-refractivity contribution in [1.82, 2.24) is 0 Å². The molecule has 1 aromatic carbocycles. The summed E-state index contributed by atoms with van der Waals surface area (Å²) in [7, 11) is 0. The van der Waals surface area contributed by atoms with E-state index in [4.69, 9.17) is 0 Å². The van der Waals surface area contributed by atoms with Crippen molar-refractivity contribution in [1.29, 1.82) is 0 Å². The Morgan fingerprint density at radius 2 is 1.73 bits per heavy atom. The SMILES string of the molecule is CC(C)C1=CCc2ccc(C(C)C)cc21. The quantitative estimate of drug-likeness (QED) is 0.663. The van der Waals surface area contributed by atoms with E-state index < -0.39 is 0 Å². The summed E-state index contributed by atoms with van der Waals surface area (Å²) in [6, 6.07) is 6.97. The highest BCUT2D eigenvalue weighted by Crippen LogP contribution is 2.34. The zero-order chi connectivity index (χ0) is 11.0. The van der Waals surface area contributed by atoms with Crippen molar-refractivity contribution in [2.75, 3.05) is 0 Å². The molecule has 1 aliphatic rings. The Balaban J connectivity index is 2.43. The third kappa shape index (κ3) is 1.86. The van der Waals surface area contributed by atoms with E-state index in [2.05, 4.69) is 52.0 Å². The minimum Gasteiger partial charge on any atom is -0.0760 e. The van der Waals surface area contributed by atoms with Gasteiger partial charge in [-0.1, -0.05) is 52.0 Å². The van der Waals surface area contributed by atoms with Gasteiger partial charge < -0.3 is 0 Å². The molecule has 80 valence electrons. The molecule has 0 atom stereocenters. The van der Waals surface area contributed by atoms with Crippen LogP contribution in [0.15, 0.2) is 24.3 Å². The molecule has 0 unspecified atom stereocenters. The van der Waals surface area contributed by atoms with E-state index in [1.165, 1.54) is 22.3 Å². The van der Waals surface area contributed by atoms with E-state index in [1.807, 2.05) is 0 Å². The zero-order valence-corrected chi connectivity index (χ0v) is 10.2. The third-order valence-electron chi connectivity index (χ3n) is 3.28. The third-order valence-corrected chi connectivity index (χ3v) is 3.28. The molecule has 0 fully saturated rings. The van der Waals surface area contributed by atoms with Crippen LogP contribution in [0.5, 0.6) is 0 Å². The Labute approximate surface area is 93.0 Å². The smallest absolute Gasteiger partial charge is 0.00853 e. The molecule has 0 nitrogen and oxygen atoms in total. The number of fused-ring (bicyclic) bond motifs is 1. The van der Waals surface area contributed by atoms with Crippen molar-refractivity contribution in [2.45, 2.75) is 40.0 Å². The van der Waals surface area contributed by atoms with Gasteiger partial charge in [-0.2, -0.15) is 0 Å². The number of rotatable bonds is 2. The summed E-state index contributed by atoms with van der Waals surface area (Å²) >= 11 is 0. The lowest BCUT2D eigenvalue weighted by atomic mass is 9.92. The van der Waals surface area contributed by atoms with Crippen LogP contribution in [0, 0.1) is 5.92 Å². The summed E-state index contributed by atoms with van der Waals surface area (Å²) in [5.74, 6) is 1.28. The molecule has 15 heavy (non-hydrogen) atoms. The van der Waals surface area contributed by atoms with Crippen LogP contribution in [0.4, 0.5) is 0 Å². The van der Waals surface area contributed by atoms with E-state index in [0.29, 0.717) is 11.8 Å². The normalized spacial score (nSPS) is 14.7. The second-order valence-corrected chi connectivity index (χ2v) is 5.09. The maximum Gasteiger partial charge on any atom is -0.00853 e. The highest BCUT2D eigenvalue weighted by molar-refractivity contribution is 5.74. The van der Waals surface area contributed by atoms with E-state index in [-0.39, 0.29) is 0 Å². The Kier molecular flexibility index (Phi) is 2.68. The molecule has 0 radical (unpaired) electrons. The molecule has 1 aliphatic carbocycles. The standard InChI is InChI=1S/C15H20/c1-10(2)13-6-5-12-7-8-14(11(3)4)15(12)9-13/h5-6,8-11H,7H2,1-4H3. The van der Waals surface area contributed by atoms with Crippen molar-refractivity contribution in [3.8, 4) is 0 Å². The van der Waals surface area contributed by atoms with E-state index in [0.717, 1.165) is 6.42 Å². The first-order valence-electron chi connectivity index (χ1n) is 5.93. The minimum atomic E-state index is 0.629. The zero-order valence-electron chi connectivity index (χ0n) is 10.2. The molecular weight excluding hydrogens is 180 g/mol. The average Bonchev–Trinajstić information content (AvgIpc) is 2.59. The molecule has 2 rings (SSSR count). The predicted octanol–water partition coefficient (Wildman–Crippen LogP) is 4.41. The Morgan fingerprint density at radius 3 is 2.33 bits per heavy atom. The maximum absolute atomic E-state index is 2.39. The van der Waals surface area contributed by atoms with Crippen molar-refractivity contribution in [3.63, 3.8) is 0 Å². The first kappa shape index (κ1) is 10.5. The molecule has 0 saturated carbocycles. The summed E-state index contributed by atoms with van der Waals surface area (Å²) < 4.78 is 0. The van der Waals surface area contributed by atoms with Gasteiger partial charge in [0, 0.05) is 0 Å². The highest BCUT2D eigenvalue weighted by Gasteiger charge is 2.17. The summed E-state index contributed by atoms with van der Waals surface area (Å²) in [5, 5.41) is 0. The van der Waals surface area contributed by atoms with Crippen molar-refractivity contribution in [2.24, 2.45) is 5.92 Å². The fraction of sp³-hybridized carbons (Fsp3) is 0.467. The second-order valence-electron chi connectivity index (χ2n) is 5.09. The Hall–Kier alpha value is -1.04. The average molecular weight is 200 g/mol. The van der Waals surface area contributed by atoms with Crippen LogP contribution in [0.1, 0.15) is 50.3 Å². The molecule has 0 amide bonds. The van der Waals surface area contributed by atoms with Gasteiger partial charge in [0.15, 0.2) is 0 Å². The lowest BCUT2D eigenvalue weighted by Crippen LogP contribution is -1.95. The molecule has 0 aromatic heterocycles. The Bertz CT molecular complexity index is 394. The number of allylic oxidation sites excluding steroid dienone is 2. The van der Waals surface area contributed by atoms with Crippen LogP contribution < -0.4 is 0 Å². The largest absolute Gasteiger partial charge is 0.0760 e. The van der Waals surface area contributed by atoms with Gasteiger partial charge in [-0.25, -0.2) is 0 Å². The second kappa shape index (κ2) is 3.84. The van der Waals surface area contributed by atoms with Gasteiger partial charge in [-0.05, 0) is 40.5 Å². The predicted molar refractivity (Wildman–Crippen MR) is 67.1 cm³/mol. The fourth-order valence-corrected chi connectivity index (χ4v) is 2.28. The van der Waals surface area contributed by atoms with Gasteiger partial charge in [0.1, 0.15) is 0 Å². The molecular formula is C15H20. The van der Waals surface area contributed by atoms with Gasteiger partial charge >= 0.3 is 0 Å². The van der Waals surface area contributed by atoms with Crippen LogP contribution in [0.25, 0.3) is 5.57 Å². The minimum absolute atomic E-state index is 0.629. The lowest BCUT2D eigenvalue weighted by molar-refractivity contribution is 0.849. The van der Waals surface area contributed by atoms with Crippen molar-refractivity contribution in [3.05, 3.63) is 41.0 Å². The van der Waals surface area contributed by atoms with Crippen molar-refractivity contribution < 1.29 is 0 Å². The number of hydrogen-bond donors (Lipinski definition) is 0. The molecule has 1 aromatic rings. The van der Waals surface area contributed by atoms with E-state index in [1.54, 1.807) is 0 Å². The van der Waals surface area contributed by atoms with Crippen LogP contribution in [-0.2, 0) is 6.42 Å². The summed E-state index contributed by atoms with van der Waals surface area (Å²) in [6.07, 6.45) is 3.51. The molecule has 0 N–H and O–H groups in total. The van der Waals surface area contributed by atoms with Crippen LogP contribution in [0.2, 0.25) is 0 Å². The number of hydrogen-bond acceptors (Lipinski definition) is 0. The van der Waals surface area contributed by atoms with Crippen LogP contribution >= 0.6 is 0 Å². The highest BCUT2D eigenvalue weighted by atomic mass is 14.2. The van der Waals surface area contributed by atoms with Gasteiger partial charge in [-0.15, -0.1) is 0 Å². The monoisotopic (exact) mass is 200 g/mol. The summed E-state index contributed by atoms with van der Waals surface area (Å²) in [5.41, 5.74) is 5.99. The van der Waals surface area contributed by atoms with E-state index in [9.17, 15) is 0 Å². The van der Waals surface area contributed by atoms with Gasteiger partial charge in [0.25, 0.3) is 0 Å². The van der Waals surface area contributed by atoms with Gasteiger partial charge in [-0.3, -0.25) is 0 Å². The summed E-state index contributed by atoms with van der Waals surface area (Å²) in [4.78, 5) is 0. The summed E-state index contributed by atoms with van der Waals surface area (Å²) in [6.45, 7) is 9.08. The molecule has 0 aliphatic heterocycles. The van der Waals surface area contributed by atoms with Crippen LogP contribution in [0.3, 0.4) is 0 Å². The maximum atomic E-state index is 2.39. The topological polar surface area (TPSA) is 0 Å². The van der Waals surface area contributed by atoms with Crippen LogP contribution in [-0.4, -0.2) is 0 Å². The first-order valence-corrected chi connectivity index (χ1v) is 5.93. The Morgan fingerprint density at radius 1 is 1.00 bits per heavy atom. The van der Waals surface area contributed by atoms with Crippen molar-refractivity contribution >= 4 is 5.57 Å². The van der Waals surface area contributed by atoms with Gasteiger partial charge in [0.2, 0.25) is 0 Å². The molecule has 0 bridgehead atoms. The van der Waals surface area contributed by atoms with E-state index >= 15 is 0 Å². The van der Waals surface area contributed by atoms with Gasteiger partial charge in [0.05, 0.1) is 0 Å². The lowest BCUT2D eigenvalue weighted by Gasteiger charge is -2.13.